The fourth-order valence-corrected chi connectivity index (χ4v) is 1.95. The topological polar surface area (TPSA) is 76.1 Å². The minimum atomic E-state index is -5.27. The average molecular weight is 335 g/mol. The molecule has 1 N–H and O–H groups in total. The molecule has 0 saturated heterocycles. The van der Waals surface area contributed by atoms with Gasteiger partial charge in [-0.1, -0.05) is 12.1 Å². The van der Waals surface area contributed by atoms with Crippen molar-refractivity contribution in [3.63, 3.8) is 0 Å². The molecule has 0 aliphatic rings. The fraction of sp³-hybridized carbons (Fsp3) is 0.429. The van der Waals surface area contributed by atoms with Gasteiger partial charge >= 0.3 is 18.2 Å². The van der Waals surface area contributed by atoms with E-state index in [0.717, 1.165) is 36.3 Å². The van der Waals surface area contributed by atoms with E-state index in [0.29, 0.717) is 0 Å². The maximum atomic E-state index is 13.1. The van der Waals surface area contributed by atoms with Crippen LogP contribution >= 0.6 is 0 Å². The lowest BCUT2D eigenvalue weighted by Crippen LogP contribution is -2.49. The number of amides is 1. The van der Waals surface area contributed by atoms with Crippen molar-refractivity contribution in [2.24, 2.45) is 0 Å². The molecule has 0 unspecified atom stereocenters. The second kappa shape index (κ2) is 6.86. The molecule has 9 heteroatoms. The Labute approximate surface area is 130 Å². The van der Waals surface area contributed by atoms with Gasteiger partial charge in [0.15, 0.2) is 0 Å². The number of anilines is 1. The van der Waals surface area contributed by atoms with E-state index in [1.807, 2.05) is 0 Å². The van der Waals surface area contributed by atoms with Crippen LogP contribution in [0.2, 0.25) is 0 Å². The van der Waals surface area contributed by atoms with Crippen LogP contribution in [0.1, 0.15) is 12.5 Å². The number of rotatable bonds is 4. The summed E-state index contributed by atoms with van der Waals surface area (Å²) in [5.74, 6) is -1.85. The maximum Gasteiger partial charge on any atom is 0.432 e. The number of aliphatic hydroxyl groups is 1. The predicted molar refractivity (Wildman–Crippen MR) is 73.8 cm³/mol. The first kappa shape index (κ1) is 18.8. The van der Waals surface area contributed by atoms with E-state index in [-0.39, 0.29) is 12.2 Å². The summed E-state index contributed by atoms with van der Waals surface area (Å²) in [5.41, 5.74) is -4.26. The summed E-state index contributed by atoms with van der Waals surface area (Å²) in [5, 5.41) is 9.82. The summed E-state index contributed by atoms with van der Waals surface area (Å²) < 4.78 is 47.9. The number of halogens is 3. The van der Waals surface area contributed by atoms with Gasteiger partial charge < -0.3 is 14.6 Å². The van der Waals surface area contributed by atoms with E-state index in [1.165, 1.54) is 7.11 Å². The number of esters is 1. The van der Waals surface area contributed by atoms with E-state index in [9.17, 15) is 27.9 Å². The van der Waals surface area contributed by atoms with Crippen LogP contribution < -0.4 is 4.90 Å². The molecule has 128 valence electrons. The van der Waals surface area contributed by atoms with Crippen molar-refractivity contribution in [1.82, 2.24) is 0 Å². The van der Waals surface area contributed by atoms with Crippen LogP contribution in [0.3, 0.4) is 0 Å². The van der Waals surface area contributed by atoms with Crippen LogP contribution in [0.5, 0.6) is 0 Å². The molecular weight excluding hydrogens is 319 g/mol. The molecule has 0 fully saturated rings. The highest BCUT2D eigenvalue weighted by Crippen LogP contribution is 2.40. The second-order valence-electron chi connectivity index (χ2n) is 4.46. The van der Waals surface area contributed by atoms with Crippen LogP contribution in [0.4, 0.5) is 23.7 Å². The van der Waals surface area contributed by atoms with Gasteiger partial charge in [0.2, 0.25) is 0 Å². The Morgan fingerprint density at radius 1 is 1.13 bits per heavy atom. The van der Waals surface area contributed by atoms with E-state index in [4.69, 9.17) is 0 Å². The number of nitrogens with zero attached hydrogens (tertiary/aromatic N) is 1. The fourth-order valence-electron chi connectivity index (χ4n) is 1.95. The monoisotopic (exact) mass is 335 g/mol. The predicted octanol–water partition coefficient (Wildman–Crippen LogP) is 2.20. The number of carbonyl (C=O) groups is 2. The van der Waals surface area contributed by atoms with E-state index < -0.39 is 29.4 Å². The minimum Gasteiger partial charge on any atom is -0.466 e. The highest BCUT2D eigenvalue weighted by Gasteiger charge is 2.62. The quantitative estimate of drug-likeness (QED) is 0.854. The van der Waals surface area contributed by atoms with Gasteiger partial charge in [-0.3, -0.25) is 4.90 Å². The summed E-state index contributed by atoms with van der Waals surface area (Å²) in [4.78, 5) is 24.1. The molecule has 1 aromatic carbocycles. The normalized spacial score (nSPS) is 13.9. The molecule has 1 amide bonds. The zero-order valence-corrected chi connectivity index (χ0v) is 12.7. The van der Waals surface area contributed by atoms with E-state index in [2.05, 4.69) is 9.47 Å². The lowest BCUT2D eigenvalue weighted by Gasteiger charge is -2.28. The number of ether oxygens (including phenoxy) is 2. The van der Waals surface area contributed by atoms with Gasteiger partial charge in [0.1, 0.15) is 0 Å². The Balaban J connectivity index is 3.29. The third-order valence-electron chi connectivity index (χ3n) is 3.20. The molecule has 0 bridgehead atoms. The maximum absolute atomic E-state index is 13.1. The third-order valence-corrected chi connectivity index (χ3v) is 3.20. The van der Waals surface area contributed by atoms with Gasteiger partial charge in [0.25, 0.3) is 5.60 Å². The van der Waals surface area contributed by atoms with Crippen LogP contribution in [-0.2, 0) is 19.9 Å². The van der Waals surface area contributed by atoms with Gasteiger partial charge in [-0.25, -0.2) is 9.59 Å². The highest BCUT2D eigenvalue weighted by molar-refractivity contribution is 5.88. The van der Waals surface area contributed by atoms with Crippen molar-refractivity contribution in [1.29, 1.82) is 0 Å². The summed E-state index contributed by atoms with van der Waals surface area (Å²) >= 11 is 0. The molecule has 1 rings (SSSR count). The molecule has 1 atom stereocenters. The molecule has 0 radical (unpaired) electrons. The first-order valence-electron chi connectivity index (χ1n) is 6.47. The standard InChI is InChI=1S/C14H16F3NO5/c1-4-18(12(20)23-3)10-7-5-9(6-8-10)13(21,11(19)22-2)14(15,16)17/h5-8,21H,4H2,1-3H3/t13-/m1/s1. The van der Waals surface area contributed by atoms with Gasteiger partial charge in [-0.05, 0) is 19.1 Å². The Morgan fingerprint density at radius 2 is 1.65 bits per heavy atom. The smallest absolute Gasteiger partial charge is 0.432 e. The van der Waals surface area contributed by atoms with Crippen molar-refractivity contribution >= 4 is 17.7 Å². The number of hydrogen-bond donors (Lipinski definition) is 1. The summed E-state index contributed by atoms with van der Waals surface area (Å²) in [6.07, 6.45) is -5.96. The molecular formula is C14H16F3NO5. The Bertz CT molecular complexity index is 573. The van der Waals surface area contributed by atoms with Gasteiger partial charge in [0.05, 0.1) is 14.2 Å². The van der Waals surface area contributed by atoms with Crippen molar-refractivity contribution < 1.29 is 37.3 Å². The van der Waals surface area contributed by atoms with Crippen LogP contribution in [-0.4, -0.2) is 44.1 Å². The van der Waals surface area contributed by atoms with Crippen molar-refractivity contribution in [2.45, 2.75) is 18.7 Å². The van der Waals surface area contributed by atoms with E-state index >= 15 is 0 Å². The van der Waals surface area contributed by atoms with Crippen LogP contribution in [0, 0.1) is 0 Å². The highest BCUT2D eigenvalue weighted by atomic mass is 19.4. The summed E-state index contributed by atoms with van der Waals surface area (Å²) in [6.45, 7) is 1.86. The number of methoxy groups -OCH3 is 2. The number of carbonyl (C=O) groups excluding carboxylic acids is 2. The third kappa shape index (κ3) is 3.39. The Kier molecular flexibility index (Phi) is 5.60. The van der Waals surface area contributed by atoms with Gasteiger partial charge in [-0.2, -0.15) is 13.2 Å². The molecule has 1 aromatic rings. The second-order valence-corrected chi connectivity index (χ2v) is 4.46. The summed E-state index contributed by atoms with van der Waals surface area (Å²) in [7, 11) is 1.91. The van der Waals surface area contributed by atoms with E-state index in [1.54, 1.807) is 6.92 Å². The minimum absolute atomic E-state index is 0.215. The lowest BCUT2D eigenvalue weighted by atomic mass is 9.93. The zero-order valence-electron chi connectivity index (χ0n) is 12.7. The average Bonchev–Trinajstić information content (AvgIpc) is 2.53. The van der Waals surface area contributed by atoms with Crippen molar-refractivity contribution in [3.05, 3.63) is 29.8 Å². The van der Waals surface area contributed by atoms with Crippen LogP contribution in [0.25, 0.3) is 0 Å². The number of benzene rings is 1. The first-order valence-corrected chi connectivity index (χ1v) is 6.47. The van der Waals surface area contributed by atoms with Crippen molar-refractivity contribution in [3.8, 4) is 0 Å². The molecule has 0 spiro atoms. The molecule has 6 nitrogen and oxygen atoms in total. The SMILES string of the molecule is CCN(C(=O)OC)c1ccc([C@@](O)(C(=O)OC)C(F)(F)F)cc1. The molecule has 0 saturated carbocycles. The Hall–Kier alpha value is -2.29. The summed E-state index contributed by atoms with van der Waals surface area (Å²) in [6, 6.07) is 4.11. The number of alkyl halides is 3. The Morgan fingerprint density at radius 3 is 2.00 bits per heavy atom. The molecule has 0 aromatic heterocycles. The zero-order chi connectivity index (χ0) is 17.8. The van der Waals surface area contributed by atoms with Crippen molar-refractivity contribution in [2.75, 3.05) is 25.7 Å². The first-order chi connectivity index (χ1) is 10.6. The van der Waals surface area contributed by atoms with Gasteiger partial charge in [-0.15, -0.1) is 0 Å². The van der Waals surface area contributed by atoms with Gasteiger partial charge in [0, 0.05) is 17.8 Å². The lowest BCUT2D eigenvalue weighted by molar-refractivity contribution is -0.266. The molecule has 0 aliphatic heterocycles. The van der Waals surface area contributed by atoms with Crippen LogP contribution in [0.15, 0.2) is 24.3 Å². The molecule has 0 heterocycles. The number of hydrogen-bond acceptors (Lipinski definition) is 5. The largest absolute Gasteiger partial charge is 0.466 e. The molecule has 23 heavy (non-hydrogen) atoms. The molecule has 0 aliphatic carbocycles.